The van der Waals surface area contributed by atoms with Gasteiger partial charge in [0.15, 0.2) is 6.29 Å². The van der Waals surface area contributed by atoms with Crippen molar-refractivity contribution in [3.63, 3.8) is 0 Å². The minimum absolute atomic E-state index is 0.0464. The molecule has 1 amide bonds. The van der Waals surface area contributed by atoms with Gasteiger partial charge in [-0.3, -0.25) is 4.79 Å². The predicted molar refractivity (Wildman–Crippen MR) is 78.9 cm³/mol. The zero-order valence-corrected chi connectivity index (χ0v) is 12.8. The van der Waals surface area contributed by atoms with E-state index < -0.39 is 43.2 Å². The summed E-state index contributed by atoms with van der Waals surface area (Å²) < 4.78 is 10.6. The van der Waals surface area contributed by atoms with E-state index in [1.54, 1.807) is 6.92 Å². The van der Waals surface area contributed by atoms with Crippen molar-refractivity contribution < 1.29 is 34.7 Å². The molecular formula is C15H23NO7. The summed E-state index contributed by atoms with van der Waals surface area (Å²) in [6.45, 7) is 1.08. The summed E-state index contributed by atoms with van der Waals surface area (Å²) in [4.78, 5) is 12.0. The number of rotatable bonds is 6. The summed E-state index contributed by atoms with van der Waals surface area (Å²) in [5, 5.41) is 41.0. The van der Waals surface area contributed by atoms with E-state index in [4.69, 9.17) is 14.6 Å². The maximum atomic E-state index is 12.0. The first kappa shape index (κ1) is 18.1. The van der Waals surface area contributed by atoms with Crippen LogP contribution in [-0.4, -0.2) is 70.3 Å². The van der Waals surface area contributed by atoms with Crippen LogP contribution in [0.3, 0.4) is 0 Å². The number of amides is 1. The molecule has 0 saturated carbocycles. The van der Waals surface area contributed by atoms with E-state index in [0.29, 0.717) is 6.42 Å². The highest BCUT2D eigenvalue weighted by atomic mass is 16.7. The molecule has 5 N–H and O–H groups in total. The van der Waals surface area contributed by atoms with E-state index in [9.17, 15) is 20.1 Å². The first-order valence-electron chi connectivity index (χ1n) is 7.52. The molecule has 0 spiro atoms. The minimum Gasteiger partial charge on any atom is -0.394 e. The quantitative estimate of drug-likeness (QED) is 0.397. The van der Waals surface area contributed by atoms with Gasteiger partial charge in [-0.05, 0) is 6.08 Å². The Hall–Kier alpha value is -1.29. The van der Waals surface area contributed by atoms with Crippen LogP contribution in [0.2, 0.25) is 0 Å². The Kier molecular flexibility index (Phi) is 6.28. The number of hydrogen-bond acceptors (Lipinski definition) is 7. The second-order valence-electron chi connectivity index (χ2n) is 5.75. The lowest BCUT2D eigenvalue weighted by Gasteiger charge is -2.39. The SMILES string of the molecule is C[C@H](CO[C@H]1O[C@H](CO)[C@@H](O)[C@H](O)[C@@H]1O)C(=O)NC1=CC=CC1. The van der Waals surface area contributed by atoms with Crippen molar-refractivity contribution >= 4 is 5.91 Å². The molecule has 1 heterocycles. The predicted octanol–water partition coefficient (Wildman–Crippen LogP) is -1.60. The molecule has 130 valence electrons. The Bertz CT molecular complexity index is 476. The number of aliphatic hydroxyl groups excluding tert-OH is 4. The summed E-state index contributed by atoms with van der Waals surface area (Å²) in [5.74, 6) is -0.742. The van der Waals surface area contributed by atoms with E-state index >= 15 is 0 Å². The minimum atomic E-state index is -1.50. The van der Waals surface area contributed by atoms with E-state index in [0.717, 1.165) is 5.70 Å². The summed E-state index contributed by atoms with van der Waals surface area (Å²) in [5.41, 5.74) is 0.801. The van der Waals surface area contributed by atoms with Crippen molar-refractivity contribution in [1.82, 2.24) is 5.32 Å². The molecular weight excluding hydrogens is 306 g/mol. The molecule has 0 aromatic carbocycles. The van der Waals surface area contributed by atoms with Crippen molar-refractivity contribution in [2.75, 3.05) is 13.2 Å². The number of carbonyl (C=O) groups is 1. The highest BCUT2D eigenvalue weighted by molar-refractivity contribution is 5.80. The molecule has 0 bridgehead atoms. The first-order chi connectivity index (χ1) is 10.9. The van der Waals surface area contributed by atoms with Crippen LogP contribution in [0.15, 0.2) is 23.9 Å². The number of nitrogens with one attached hydrogen (secondary N) is 1. The van der Waals surface area contributed by atoms with E-state index in [-0.39, 0.29) is 12.5 Å². The zero-order valence-electron chi connectivity index (χ0n) is 12.8. The lowest BCUT2D eigenvalue weighted by atomic mass is 9.99. The van der Waals surface area contributed by atoms with Gasteiger partial charge in [-0.1, -0.05) is 19.1 Å². The molecule has 0 radical (unpaired) electrons. The molecule has 6 atom stereocenters. The van der Waals surface area contributed by atoms with Gasteiger partial charge in [0.25, 0.3) is 0 Å². The number of carbonyl (C=O) groups excluding carboxylic acids is 1. The Morgan fingerprint density at radius 3 is 2.74 bits per heavy atom. The molecule has 2 rings (SSSR count). The second kappa shape index (κ2) is 8.00. The van der Waals surface area contributed by atoms with Crippen molar-refractivity contribution in [1.29, 1.82) is 0 Å². The molecule has 0 unspecified atom stereocenters. The van der Waals surface area contributed by atoms with E-state index in [2.05, 4.69) is 5.32 Å². The van der Waals surface area contributed by atoms with Gasteiger partial charge < -0.3 is 35.2 Å². The van der Waals surface area contributed by atoms with Crippen LogP contribution >= 0.6 is 0 Å². The molecule has 23 heavy (non-hydrogen) atoms. The molecule has 1 fully saturated rings. The third-order valence-electron chi connectivity index (χ3n) is 3.86. The smallest absolute Gasteiger partial charge is 0.229 e. The second-order valence-corrected chi connectivity index (χ2v) is 5.75. The van der Waals surface area contributed by atoms with Crippen molar-refractivity contribution in [3.05, 3.63) is 23.9 Å². The fraction of sp³-hybridized carbons (Fsp3) is 0.667. The third kappa shape index (κ3) is 4.37. The van der Waals surface area contributed by atoms with Crippen LogP contribution in [0.4, 0.5) is 0 Å². The Morgan fingerprint density at radius 1 is 1.39 bits per heavy atom. The summed E-state index contributed by atoms with van der Waals surface area (Å²) >= 11 is 0. The van der Waals surface area contributed by atoms with Crippen LogP contribution in [0.25, 0.3) is 0 Å². The van der Waals surface area contributed by atoms with Crippen molar-refractivity contribution in [2.45, 2.75) is 44.1 Å². The van der Waals surface area contributed by atoms with Gasteiger partial charge in [0, 0.05) is 12.1 Å². The number of aliphatic hydroxyl groups is 4. The van der Waals surface area contributed by atoms with E-state index in [1.165, 1.54) is 0 Å². The van der Waals surface area contributed by atoms with Gasteiger partial charge in [0.05, 0.1) is 19.1 Å². The van der Waals surface area contributed by atoms with Gasteiger partial charge in [-0.25, -0.2) is 0 Å². The van der Waals surface area contributed by atoms with Crippen LogP contribution in [0.5, 0.6) is 0 Å². The molecule has 1 aliphatic carbocycles. The Balaban J connectivity index is 1.82. The van der Waals surface area contributed by atoms with Crippen LogP contribution in [0.1, 0.15) is 13.3 Å². The summed E-state index contributed by atoms with van der Waals surface area (Å²) in [6, 6.07) is 0. The monoisotopic (exact) mass is 329 g/mol. The Labute approximate surface area is 134 Å². The molecule has 2 aliphatic rings. The molecule has 0 aromatic heterocycles. The fourth-order valence-electron chi connectivity index (χ4n) is 2.34. The third-order valence-corrected chi connectivity index (χ3v) is 3.86. The van der Waals surface area contributed by atoms with Crippen molar-refractivity contribution in [3.8, 4) is 0 Å². The first-order valence-corrected chi connectivity index (χ1v) is 7.52. The van der Waals surface area contributed by atoms with Gasteiger partial charge in [0.1, 0.15) is 24.4 Å². The van der Waals surface area contributed by atoms with E-state index in [1.807, 2.05) is 18.2 Å². The van der Waals surface area contributed by atoms with Gasteiger partial charge in [0.2, 0.25) is 5.91 Å². The average Bonchev–Trinajstić information content (AvgIpc) is 3.04. The molecule has 0 aromatic rings. The summed E-state index contributed by atoms with van der Waals surface area (Å²) in [7, 11) is 0. The fourth-order valence-corrected chi connectivity index (χ4v) is 2.34. The number of ether oxygens (including phenoxy) is 2. The topological polar surface area (TPSA) is 128 Å². The molecule has 8 nitrogen and oxygen atoms in total. The lowest BCUT2D eigenvalue weighted by Crippen LogP contribution is -2.59. The normalized spacial score (nSPS) is 35.0. The van der Waals surface area contributed by atoms with Crippen LogP contribution < -0.4 is 5.32 Å². The van der Waals surface area contributed by atoms with Crippen LogP contribution in [0, 0.1) is 5.92 Å². The van der Waals surface area contributed by atoms with Gasteiger partial charge in [-0.2, -0.15) is 0 Å². The van der Waals surface area contributed by atoms with Crippen LogP contribution in [-0.2, 0) is 14.3 Å². The molecule has 1 aliphatic heterocycles. The molecule has 8 heteroatoms. The standard InChI is InChI=1S/C15H23NO7/c1-8(14(21)16-9-4-2-3-5-9)7-22-15-13(20)12(19)11(18)10(6-17)23-15/h2-4,8,10-13,15,17-20H,5-7H2,1H3,(H,16,21)/t8-,10-,11-,12+,13+,15+/m1/s1. The van der Waals surface area contributed by atoms with Gasteiger partial charge >= 0.3 is 0 Å². The lowest BCUT2D eigenvalue weighted by molar-refractivity contribution is -0.302. The zero-order chi connectivity index (χ0) is 17.0. The highest BCUT2D eigenvalue weighted by Crippen LogP contribution is 2.22. The number of hydrogen-bond donors (Lipinski definition) is 5. The maximum absolute atomic E-state index is 12.0. The maximum Gasteiger partial charge on any atom is 0.229 e. The Morgan fingerprint density at radius 2 is 2.13 bits per heavy atom. The number of allylic oxidation sites excluding steroid dienone is 3. The average molecular weight is 329 g/mol. The summed E-state index contributed by atoms with van der Waals surface area (Å²) in [6.07, 6.45) is -0.401. The largest absolute Gasteiger partial charge is 0.394 e. The van der Waals surface area contributed by atoms with Crippen molar-refractivity contribution in [2.24, 2.45) is 5.92 Å². The highest BCUT2D eigenvalue weighted by Gasteiger charge is 2.44. The van der Waals surface area contributed by atoms with Gasteiger partial charge in [-0.15, -0.1) is 0 Å². The molecule has 1 saturated heterocycles.